The van der Waals surface area contributed by atoms with E-state index >= 15 is 0 Å². The zero-order valence-corrected chi connectivity index (χ0v) is 17.2. The van der Waals surface area contributed by atoms with E-state index in [9.17, 15) is 14.0 Å². The van der Waals surface area contributed by atoms with E-state index in [4.69, 9.17) is 0 Å². The van der Waals surface area contributed by atoms with E-state index in [0.29, 0.717) is 17.6 Å². The van der Waals surface area contributed by atoms with Gasteiger partial charge in [0.05, 0.1) is 11.9 Å². The van der Waals surface area contributed by atoms with E-state index in [1.54, 1.807) is 12.5 Å². The van der Waals surface area contributed by atoms with Crippen molar-refractivity contribution in [2.24, 2.45) is 0 Å². The summed E-state index contributed by atoms with van der Waals surface area (Å²) in [6, 6.07) is 11.8. The highest BCUT2D eigenvalue weighted by Gasteiger charge is 2.11. The van der Waals surface area contributed by atoms with E-state index in [1.165, 1.54) is 12.1 Å². The van der Waals surface area contributed by atoms with Crippen molar-refractivity contribution in [3.8, 4) is 0 Å². The first-order valence-electron chi connectivity index (χ1n) is 9.05. The van der Waals surface area contributed by atoms with Crippen molar-refractivity contribution in [3.05, 3.63) is 88.2 Å². The first kappa shape index (κ1) is 20.7. The van der Waals surface area contributed by atoms with Crippen LogP contribution in [0, 0.1) is 5.82 Å². The van der Waals surface area contributed by atoms with Gasteiger partial charge in [-0.15, -0.1) is 0 Å². The minimum Gasteiger partial charge on any atom is -0.352 e. The Morgan fingerprint density at radius 1 is 1.10 bits per heavy atom. The van der Waals surface area contributed by atoms with Crippen molar-refractivity contribution in [2.75, 3.05) is 6.54 Å². The van der Waals surface area contributed by atoms with Gasteiger partial charge in [0, 0.05) is 42.9 Å². The fourth-order valence-electron chi connectivity index (χ4n) is 2.77. The first-order chi connectivity index (χ1) is 14.0. The van der Waals surface area contributed by atoms with Crippen LogP contribution >= 0.6 is 15.9 Å². The molecule has 3 rings (SSSR count). The molecule has 1 aromatic heterocycles. The molecule has 0 aliphatic rings. The summed E-state index contributed by atoms with van der Waals surface area (Å²) in [6.45, 7) is 1.28. The second-order valence-corrected chi connectivity index (χ2v) is 7.32. The molecule has 2 N–H and O–H groups in total. The van der Waals surface area contributed by atoms with Gasteiger partial charge in [0.2, 0.25) is 5.91 Å². The molecule has 6 nitrogen and oxygen atoms in total. The Bertz CT molecular complexity index is 992. The van der Waals surface area contributed by atoms with Crippen LogP contribution < -0.4 is 10.6 Å². The van der Waals surface area contributed by atoms with Crippen LogP contribution in [0.25, 0.3) is 0 Å². The number of hydrogen-bond acceptors (Lipinski definition) is 3. The van der Waals surface area contributed by atoms with Crippen molar-refractivity contribution in [2.45, 2.75) is 19.5 Å². The molecular weight excluding hydrogens is 439 g/mol. The Balaban J connectivity index is 1.43. The Morgan fingerprint density at radius 3 is 2.72 bits per heavy atom. The summed E-state index contributed by atoms with van der Waals surface area (Å²) in [4.78, 5) is 28.2. The molecular formula is C21H20BrFN4O2. The largest absolute Gasteiger partial charge is 0.352 e. The van der Waals surface area contributed by atoms with Crippen molar-refractivity contribution >= 4 is 27.7 Å². The number of amides is 2. The molecule has 0 bridgehead atoms. The van der Waals surface area contributed by atoms with Crippen molar-refractivity contribution in [1.29, 1.82) is 0 Å². The number of imidazole rings is 1. The van der Waals surface area contributed by atoms with Crippen molar-refractivity contribution in [3.63, 3.8) is 0 Å². The van der Waals surface area contributed by atoms with Gasteiger partial charge in [-0.25, -0.2) is 9.37 Å². The van der Waals surface area contributed by atoms with Crippen molar-refractivity contribution in [1.82, 2.24) is 20.2 Å². The summed E-state index contributed by atoms with van der Waals surface area (Å²) >= 11 is 3.22. The van der Waals surface area contributed by atoms with E-state index in [-0.39, 0.29) is 24.4 Å². The lowest BCUT2D eigenvalue weighted by Gasteiger charge is -2.09. The highest BCUT2D eigenvalue weighted by molar-refractivity contribution is 9.10. The summed E-state index contributed by atoms with van der Waals surface area (Å²) in [5.41, 5.74) is 2.30. The molecule has 0 spiro atoms. The Labute approximate surface area is 176 Å². The normalized spacial score (nSPS) is 10.6. The van der Waals surface area contributed by atoms with Crippen LogP contribution in [-0.4, -0.2) is 27.9 Å². The standard InChI is InChI=1S/C21H20BrFN4O2/c22-19-5-4-17(23)11-18(19)21(29)25-7-6-20(28)26-12-15-2-1-3-16(10-15)13-27-9-8-24-14-27/h1-5,8-11,14H,6-7,12-13H2,(H,25,29)(H,26,28). The lowest BCUT2D eigenvalue weighted by atomic mass is 10.1. The maximum Gasteiger partial charge on any atom is 0.252 e. The first-order valence-corrected chi connectivity index (χ1v) is 9.84. The monoisotopic (exact) mass is 458 g/mol. The zero-order valence-electron chi connectivity index (χ0n) is 15.6. The predicted octanol–water partition coefficient (Wildman–Crippen LogP) is 3.27. The number of nitrogens with one attached hydrogen (secondary N) is 2. The summed E-state index contributed by atoms with van der Waals surface area (Å²) in [5.74, 6) is -1.11. The molecule has 2 aromatic carbocycles. The number of nitrogens with zero attached hydrogens (tertiary/aromatic N) is 2. The molecule has 0 aliphatic carbocycles. The highest BCUT2D eigenvalue weighted by Crippen LogP contribution is 2.17. The third-order valence-electron chi connectivity index (χ3n) is 4.22. The van der Waals surface area contributed by atoms with Gasteiger partial charge in [-0.1, -0.05) is 24.3 Å². The van der Waals surface area contributed by atoms with Gasteiger partial charge in [0.1, 0.15) is 5.82 Å². The summed E-state index contributed by atoms with van der Waals surface area (Å²) in [6.07, 6.45) is 5.51. The van der Waals surface area contributed by atoms with Gasteiger partial charge in [-0.3, -0.25) is 9.59 Å². The molecule has 8 heteroatoms. The highest BCUT2D eigenvalue weighted by atomic mass is 79.9. The fraction of sp³-hybridized carbons (Fsp3) is 0.190. The molecule has 0 saturated heterocycles. The SMILES string of the molecule is O=C(CCNC(=O)c1cc(F)ccc1Br)NCc1cccc(Cn2ccnc2)c1. The second-order valence-electron chi connectivity index (χ2n) is 6.46. The van der Waals surface area contributed by atoms with Crippen LogP contribution in [0.4, 0.5) is 4.39 Å². The summed E-state index contributed by atoms with van der Waals surface area (Å²) in [7, 11) is 0. The van der Waals surface area contributed by atoms with Crippen molar-refractivity contribution < 1.29 is 14.0 Å². The number of carbonyl (C=O) groups is 2. The van der Waals surface area contributed by atoms with Crippen LogP contribution in [-0.2, 0) is 17.9 Å². The molecule has 0 radical (unpaired) electrons. The van der Waals surface area contributed by atoms with Crippen LogP contribution in [0.3, 0.4) is 0 Å². The lowest BCUT2D eigenvalue weighted by Crippen LogP contribution is -2.30. The Morgan fingerprint density at radius 2 is 1.93 bits per heavy atom. The molecule has 2 amide bonds. The third kappa shape index (κ3) is 6.25. The average Bonchev–Trinajstić information content (AvgIpc) is 3.21. The molecule has 29 heavy (non-hydrogen) atoms. The number of rotatable bonds is 8. The molecule has 3 aromatic rings. The van der Waals surface area contributed by atoms with Crippen LogP contribution in [0.2, 0.25) is 0 Å². The number of benzene rings is 2. The van der Waals surface area contributed by atoms with Crippen LogP contribution in [0.15, 0.2) is 65.7 Å². The number of halogens is 2. The maximum atomic E-state index is 13.3. The smallest absolute Gasteiger partial charge is 0.252 e. The maximum absolute atomic E-state index is 13.3. The second kappa shape index (κ2) is 9.97. The topological polar surface area (TPSA) is 76.0 Å². The molecule has 0 saturated carbocycles. The minimum absolute atomic E-state index is 0.132. The molecule has 0 unspecified atom stereocenters. The quantitative estimate of drug-likeness (QED) is 0.543. The van der Waals surface area contributed by atoms with Gasteiger partial charge in [0.25, 0.3) is 5.91 Å². The number of hydrogen-bond donors (Lipinski definition) is 2. The molecule has 0 fully saturated rings. The van der Waals surface area contributed by atoms with Gasteiger partial charge < -0.3 is 15.2 Å². The molecule has 0 atom stereocenters. The van der Waals surface area contributed by atoms with Crippen LogP contribution in [0.1, 0.15) is 27.9 Å². The van der Waals surface area contributed by atoms with Gasteiger partial charge in [0.15, 0.2) is 0 Å². The molecule has 1 heterocycles. The van der Waals surface area contributed by atoms with E-state index < -0.39 is 11.7 Å². The lowest BCUT2D eigenvalue weighted by molar-refractivity contribution is -0.121. The Kier molecular flexibility index (Phi) is 7.13. The number of aromatic nitrogens is 2. The Hall–Kier alpha value is -3.00. The third-order valence-corrected chi connectivity index (χ3v) is 4.91. The van der Waals surface area contributed by atoms with Gasteiger partial charge >= 0.3 is 0 Å². The molecule has 150 valence electrons. The fourth-order valence-corrected chi connectivity index (χ4v) is 3.20. The number of carbonyl (C=O) groups excluding carboxylic acids is 2. The summed E-state index contributed by atoms with van der Waals surface area (Å²) < 4.78 is 15.8. The minimum atomic E-state index is -0.494. The summed E-state index contributed by atoms with van der Waals surface area (Å²) in [5, 5.41) is 5.47. The van der Waals surface area contributed by atoms with Crippen LogP contribution in [0.5, 0.6) is 0 Å². The van der Waals surface area contributed by atoms with E-state index in [2.05, 4.69) is 31.5 Å². The predicted molar refractivity (Wildman–Crippen MR) is 111 cm³/mol. The van der Waals surface area contributed by atoms with Gasteiger partial charge in [-0.05, 0) is 45.3 Å². The average molecular weight is 459 g/mol. The molecule has 0 aliphatic heterocycles. The van der Waals surface area contributed by atoms with E-state index in [1.807, 2.05) is 35.0 Å². The van der Waals surface area contributed by atoms with Gasteiger partial charge in [-0.2, -0.15) is 0 Å². The zero-order chi connectivity index (χ0) is 20.6. The van der Waals surface area contributed by atoms with E-state index in [0.717, 1.165) is 17.2 Å².